The Balaban J connectivity index is 1.59. The van der Waals surface area contributed by atoms with Gasteiger partial charge in [-0.05, 0) is 61.7 Å². The molecule has 3 N–H and O–H groups in total. The zero-order valence-electron chi connectivity index (χ0n) is 22.4. The van der Waals surface area contributed by atoms with Gasteiger partial charge in [0.25, 0.3) is 0 Å². The minimum atomic E-state index is -4.99. The number of benzene rings is 2. The number of amides is 2. The van der Waals surface area contributed by atoms with Gasteiger partial charge in [-0.2, -0.15) is 26.3 Å². The Morgan fingerprint density at radius 2 is 1.46 bits per heavy atom. The predicted octanol–water partition coefficient (Wildman–Crippen LogP) is 5.10. The zero-order valence-corrected chi connectivity index (χ0v) is 22.4. The van der Waals surface area contributed by atoms with Crippen molar-refractivity contribution in [3.05, 3.63) is 70.8 Å². The number of alkyl halides is 6. The topological polar surface area (TPSA) is 82.7 Å². The van der Waals surface area contributed by atoms with Crippen LogP contribution in [0.3, 0.4) is 0 Å². The molecule has 1 atom stereocenters. The van der Waals surface area contributed by atoms with Crippen LogP contribution in [-0.4, -0.2) is 55.7 Å². The lowest BCUT2D eigenvalue weighted by Gasteiger charge is -2.27. The lowest BCUT2D eigenvalue weighted by atomic mass is 10.0. The van der Waals surface area contributed by atoms with Crippen LogP contribution in [0, 0.1) is 0 Å². The molecule has 0 bridgehead atoms. The van der Waals surface area contributed by atoms with E-state index in [2.05, 4.69) is 20.9 Å². The summed E-state index contributed by atoms with van der Waals surface area (Å²) in [5, 5.41) is 8.09. The summed E-state index contributed by atoms with van der Waals surface area (Å²) >= 11 is 0. The summed E-state index contributed by atoms with van der Waals surface area (Å²) in [4.78, 5) is 27.3. The Morgan fingerprint density at radius 3 is 2.07 bits per heavy atom. The maximum atomic E-state index is 13.2. The fraction of sp³-hybridized carbons (Fsp3) is 0.500. The monoisotopic (exact) mass is 588 g/mol. The van der Waals surface area contributed by atoms with Crippen molar-refractivity contribution >= 4 is 12.0 Å². The lowest BCUT2D eigenvalue weighted by molar-refractivity contribution is -0.143. The minimum Gasteiger partial charge on any atom is -0.445 e. The third kappa shape index (κ3) is 11.2. The first-order valence-electron chi connectivity index (χ1n) is 13.4. The Kier molecular flexibility index (Phi) is 11.8. The van der Waals surface area contributed by atoms with Crippen molar-refractivity contribution in [2.75, 3.05) is 32.7 Å². The van der Waals surface area contributed by atoms with E-state index in [4.69, 9.17) is 4.74 Å². The normalized spacial score (nSPS) is 15.3. The first kappa shape index (κ1) is 32.2. The van der Waals surface area contributed by atoms with E-state index in [1.165, 1.54) is 0 Å². The van der Waals surface area contributed by atoms with E-state index in [1.807, 2.05) is 6.07 Å². The van der Waals surface area contributed by atoms with Crippen LogP contribution < -0.4 is 16.0 Å². The molecule has 0 radical (unpaired) electrons. The second-order valence-corrected chi connectivity index (χ2v) is 9.82. The summed E-state index contributed by atoms with van der Waals surface area (Å²) in [7, 11) is 0. The van der Waals surface area contributed by atoms with Gasteiger partial charge in [-0.1, -0.05) is 36.8 Å². The molecule has 1 heterocycles. The molecule has 2 aromatic carbocycles. The van der Waals surface area contributed by atoms with E-state index < -0.39 is 48.1 Å². The van der Waals surface area contributed by atoms with E-state index in [1.54, 1.807) is 24.3 Å². The number of piperidine rings is 1. The van der Waals surface area contributed by atoms with Crippen molar-refractivity contribution in [2.45, 2.75) is 57.2 Å². The van der Waals surface area contributed by atoms with E-state index >= 15 is 0 Å². The minimum absolute atomic E-state index is 0.0405. The highest BCUT2D eigenvalue weighted by atomic mass is 19.4. The van der Waals surface area contributed by atoms with Crippen LogP contribution >= 0.6 is 0 Å². The van der Waals surface area contributed by atoms with Gasteiger partial charge in [0, 0.05) is 26.2 Å². The molecule has 13 heteroatoms. The van der Waals surface area contributed by atoms with Crippen LogP contribution in [0.1, 0.15) is 47.9 Å². The van der Waals surface area contributed by atoms with Crippen LogP contribution in [0.2, 0.25) is 0 Å². The van der Waals surface area contributed by atoms with Gasteiger partial charge in [0.1, 0.15) is 6.61 Å². The number of ether oxygens (including phenoxy) is 1. The quantitative estimate of drug-likeness (QED) is 0.301. The molecule has 7 nitrogen and oxygen atoms in total. The number of nitrogens with one attached hydrogen (secondary N) is 3. The Bertz CT molecular complexity index is 1090. The van der Waals surface area contributed by atoms with Gasteiger partial charge in [-0.3, -0.25) is 4.79 Å². The summed E-state index contributed by atoms with van der Waals surface area (Å²) in [6.07, 6.45) is -7.23. The van der Waals surface area contributed by atoms with Crippen LogP contribution in [0.4, 0.5) is 31.1 Å². The molecule has 1 fully saturated rings. The maximum absolute atomic E-state index is 13.2. The largest absolute Gasteiger partial charge is 0.445 e. The average Bonchev–Trinajstić information content (AvgIpc) is 2.94. The van der Waals surface area contributed by atoms with Crippen molar-refractivity contribution in [3.8, 4) is 0 Å². The molecular weight excluding hydrogens is 554 g/mol. The molecule has 2 amide bonds. The van der Waals surface area contributed by atoms with Gasteiger partial charge in [0.05, 0.1) is 17.2 Å². The average molecular weight is 589 g/mol. The number of likely N-dealkylation sites (tertiary alicyclic amines) is 1. The summed E-state index contributed by atoms with van der Waals surface area (Å²) in [5.74, 6) is -0.617. The fourth-order valence-electron chi connectivity index (χ4n) is 4.43. The number of hydrogen-bond acceptors (Lipinski definition) is 5. The summed E-state index contributed by atoms with van der Waals surface area (Å²) in [5.41, 5.74) is -2.45. The number of nitrogens with zero attached hydrogens (tertiary/aromatic N) is 1. The molecule has 41 heavy (non-hydrogen) atoms. The molecule has 3 rings (SSSR count). The van der Waals surface area contributed by atoms with Gasteiger partial charge >= 0.3 is 18.4 Å². The van der Waals surface area contributed by atoms with E-state index in [0.717, 1.165) is 37.9 Å². The number of hydrogen-bond donors (Lipinski definition) is 3. The maximum Gasteiger partial charge on any atom is 0.416 e. The molecule has 0 saturated carbocycles. The summed E-state index contributed by atoms with van der Waals surface area (Å²) < 4.78 is 84.3. The number of alkyl carbamates (subject to hydrolysis) is 1. The predicted molar refractivity (Wildman–Crippen MR) is 140 cm³/mol. The molecular formula is C28H34F6N4O3. The molecule has 0 aliphatic carbocycles. The highest BCUT2D eigenvalue weighted by Crippen LogP contribution is 2.36. The highest BCUT2D eigenvalue weighted by molar-refractivity contribution is 5.81. The van der Waals surface area contributed by atoms with Crippen LogP contribution in [-0.2, 0) is 35.0 Å². The lowest BCUT2D eigenvalue weighted by Crippen LogP contribution is -2.48. The second kappa shape index (κ2) is 15.1. The molecule has 1 aliphatic heterocycles. The van der Waals surface area contributed by atoms with E-state index in [9.17, 15) is 35.9 Å². The molecule has 0 aromatic heterocycles. The van der Waals surface area contributed by atoms with E-state index in [-0.39, 0.29) is 31.2 Å². The first-order valence-corrected chi connectivity index (χ1v) is 13.4. The standard InChI is InChI=1S/C28H34F6N4O3/c29-27(30,31)22-15-21(16-23(17-22)28(32,33)34)18-37-25(39)24(35-11-14-38-12-5-2-6-13-38)9-10-36-26(40)41-19-20-7-3-1-4-8-20/h1,3-4,7-8,15-17,24,35H,2,5-6,9-14,18-19H2,(H,36,40)(H,37,39)/t24-/m0/s1. The van der Waals surface area contributed by atoms with Crippen LogP contribution in [0.15, 0.2) is 48.5 Å². The number of carbonyl (C=O) groups excluding carboxylic acids is 2. The molecule has 1 saturated heterocycles. The molecule has 226 valence electrons. The second-order valence-electron chi connectivity index (χ2n) is 9.82. The molecule has 2 aromatic rings. The zero-order chi connectivity index (χ0) is 29.9. The van der Waals surface area contributed by atoms with Gasteiger partial charge in [-0.15, -0.1) is 0 Å². The Morgan fingerprint density at radius 1 is 0.829 bits per heavy atom. The fourth-order valence-corrected chi connectivity index (χ4v) is 4.43. The molecule has 0 spiro atoms. The first-order chi connectivity index (χ1) is 19.4. The van der Waals surface area contributed by atoms with Gasteiger partial charge in [-0.25, -0.2) is 4.79 Å². The van der Waals surface area contributed by atoms with Crippen LogP contribution in [0.5, 0.6) is 0 Å². The number of rotatable bonds is 12. The van der Waals surface area contributed by atoms with Crippen LogP contribution in [0.25, 0.3) is 0 Å². The van der Waals surface area contributed by atoms with Crippen molar-refractivity contribution in [2.24, 2.45) is 0 Å². The van der Waals surface area contributed by atoms with E-state index in [0.29, 0.717) is 25.2 Å². The number of carbonyl (C=O) groups is 2. The van der Waals surface area contributed by atoms with Crippen molar-refractivity contribution in [3.63, 3.8) is 0 Å². The highest BCUT2D eigenvalue weighted by Gasteiger charge is 2.37. The summed E-state index contributed by atoms with van der Waals surface area (Å²) in [6, 6.07) is 9.37. The number of halogens is 6. The molecule has 0 unspecified atom stereocenters. The molecule has 1 aliphatic rings. The Labute approximate surface area is 234 Å². The van der Waals surface area contributed by atoms with Crippen molar-refractivity contribution < 1.29 is 40.7 Å². The van der Waals surface area contributed by atoms with Gasteiger partial charge < -0.3 is 25.6 Å². The third-order valence-corrected chi connectivity index (χ3v) is 6.61. The van der Waals surface area contributed by atoms with Gasteiger partial charge in [0.15, 0.2) is 0 Å². The SMILES string of the molecule is O=C(NCC[C@H](NCCN1CCCCC1)C(=O)NCc1cc(C(F)(F)F)cc(C(F)(F)F)c1)OCc1ccccc1. The smallest absolute Gasteiger partial charge is 0.416 e. The van der Waals surface area contributed by atoms with Crippen molar-refractivity contribution in [1.82, 2.24) is 20.9 Å². The van der Waals surface area contributed by atoms with Crippen molar-refractivity contribution in [1.29, 1.82) is 0 Å². The summed E-state index contributed by atoms with van der Waals surface area (Å²) in [6.45, 7) is 2.53. The third-order valence-electron chi connectivity index (χ3n) is 6.61. The van der Waals surface area contributed by atoms with Gasteiger partial charge in [0.2, 0.25) is 5.91 Å². The Hall–Kier alpha value is -3.32.